The van der Waals surface area contributed by atoms with E-state index < -0.39 is 7.67 Å². The number of rotatable bonds is 5. The molecule has 0 fully saturated rings. The lowest BCUT2D eigenvalue weighted by Gasteiger charge is -2.13. The molecule has 64 valence electrons. The molecular formula is C6H13Cl3S. The Kier molecular flexibility index (Phi) is 6.53. The van der Waals surface area contributed by atoms with Crippen molar-refractivity contribution in [1.82, 2.24) is 0 Å². The molecule has 0 atom stereocenters. The summed E-state index contributed by atoms with van der Waals surface area (Å²) in [4.78, 5) is 0. The fourth-order valence-corrected chi connectivity index (χ4v) is 2.21. The van der Waals surface area contributed by atoms with Gasteiger partial charge in [0.2, 0.25) is 0 Å². The predicted molar refractivity (Wildman–Crippen MR) is 54.2 cm³/mol. The van der Waals surface area contributed by atoms with Crippen molar-refractivity contribution in [2.24, 2.45) is 0 Å². The van der Waals surface area contributed by atoms with Gasteiger partial charge in [-0.3, -0.25) is 0 Å². The summed E-state index contributed by atoms with van der Waals surface area (Å²) in [5, 5.41) is 0. The zero-order chi connectivity index (χ0) is 8.04. The van der Waals surface area contributed by atoms with Crippen LogP contribution >= 0.6 is 39.7 Å². The maximum Gasteiger partial charge on any atom is 0.0164 e. The van der Waals surface area contributed by atoms with E-state index in [1.54, 1.807) is 0 Å². The van der Waals surface area contributed by atoms with Crippen LogP contribution in [-0.2, 0) is 0 Å². The zero-order valence-electron chi connectivity index (χ0n) is 6.08. The summed E-state index contributed by atoms with van der Waals surface area (Å²) in [6.07, 6.45) is 4.73. The molecule has 0 spiro atoms. The molecular weight excluding hydrogens is 210 g/mol. The first-order chi connectivity index (χ1) is 4.56. The third-order valence-electron chi connectivity index (χ3n) is 1.23. The van der Waals surface area contributed by atoms with Gasteiger partial charge in [-0.1, -0.05) is 26.2 Å². The van der Waals surface area contributed by atoms with Crippen molar-refractivity contribution in [3.05, 3.63) is 0 Å². The average molecular weight is 224 g/mol. The molecule has 0 saturated heterocycles. The summed E-state index contributed by atoms with van der Waals surface area (Å²) < 4.78 is 0. The Morgan fingerprint density at radius 3 is 2.00 bits per heavy atom. The van der Waals surface area contributed by atoms with E-state index in [0.717, 1.165) is 12.2 Å². The number of unbranched alkanes of at least 4 members (excludes halogenated alkanes) is 3. The number of halogens is 3. The van der Waals surface area contributed by atoms with Crippen molar-refractivity contribution in [1.29, 1.82) is 0 Å². The van der Waals surface area contributed by atoms with Gasteiger partial charge in [0.05, 0.1) is 0 Å². The molecule has 4 heteroatoms. The van der Waals surface area contributed by atoms with E-state index in [9.17, 15) is 0 Å². The Bertz CT molecular complexity index is 79.6. The van der Waals surface area contributed by atoms with Crippen LogP contribution in [0.3, 0.4) is 0 Å². The van der Waals surface area contributed by atoms with Gasteiger partial charge >= 0.3 is 0 Å². The summed E-state index contributed by atoms with van der Waals surface area (Å²) in [5.41, 5.74) is 0. The molecule has 0 radical (unpaired) electrons. The van der Waals surface area contributed by atoms with Crippen LogP contribution in [0.5, 0.6) is 0 Å². The maximum absolute atomic E-state index is 5.63. The molecule has 0 nitrogen and oxygen atoms in total. The van der Waals surface area contributed by atoms with E-state index in [1.165, 1.54) is 19.3 Å². The quantitative estimate of drug-likeness (QED) is 0.586. The molecule has 10 heavy (non-hydrogen) atoms. The Morgan fingerprint density at radius 2 is 1.60 bits per heavy atom. The monoisotopic (exact) mass is 222 g/mol. The summed E-state index contributed by atoms with van der Waals surface area (Å²) >= 11 is 0. The van der Waals surface area contributed by atoms with E-state index in [0.29, 0.717) is 0 Å². The van der Waals surface area contributed by atoms with Crippen molar-refractivity contribution in [3.8, 4) is 0 Å². The van der Waals surface area contributed by atoms with E-state index in [2.05, 4.69) is 6.92 Å². The Morgan fingerprint density at radius 1 is 1.00 bits per heavy atom. The van der Waals surface area contributed by atoms with Gasteiger partial charge in [-0.25, -0.2) is 0 Å². The molecule has 0 heterocycles. The number of hydrogen-bond acceptors (Lipinski definition) is 0. The van der Waals surface area contributed by atoms with Crippen LogP contribution in [0.2, 0.25) is 0 Å². The lowest BCUT2D eigenvalue weighted by molar-refractivity contribution is 0.706. The molecule has 0 bridgehead atoms. The smallest absolute Gasteiger partial charge is 0.0164 e. The minimum atomic E-state index is -1.79. The van der Waals surface area contributed by atoms with Crippen molar-refractivity contribution in [3.63, 3.8) is 0 Å². The van der Waals surface area contributed by atoms with E-state index in [4.69, 9.17) is 32.0 Å². The van der Waals surface area contributed by atoms with Crippen LogP contribution in [0.1, 0.15) is 32.6 Å². The van der Waals surface area contributed by atoms with Crippen LogP contribution in [0.25, 0.3) is 0 Å². The Balaban J connectivity index is 3.04. The second-order valence-corrected chi connectivity index (χ2v) is 9.84. The molecule has 0 aromatic heterocycles. The highest BCUT2D eigenvalue weighted by Gasteiger charge is 2.11. The second-order valence-electron chi connectivity index (χ2n) is 2.27. The molecule has 0 saturated carbocycles. The highest BCUT2D eigenvalue weighted by Crippen LogP contribution is 2.63. The van der Waals surface area contributed by atoms with Gasteiger partial charge in [-0.15, -0.1) is 0 Å². The fraction of sp³-hybridized carbons (Fsp3) is 1.00. The molecule has 0 amide bonds. The Hall–Kier alpha value is 1.22. The zero-order valence-corrected chi connectivity index (χ0v) is 9.16. The summed E-state index contributed by atoms with van der Waals surface area (Å²) in [6, 6.07) is 0. The van der Waals surface area contributed by atoms with E-state index in [-0.39, 0.29) is 0 Å². The van der Waals surface area contributed by atoms with Gasteiger partial charge in [0, 0.05) is 5.75 Å². The van der Waals surface area contributed by atoms with Gasteiger partial charge in [0.15, 0.2) is 0 Å². The molecule has 0 aliphatic rings. The molecule has 0 aromatic carbocycles. The largest absolute Gasteiger partial charge is 0.0654 e. The van der Waals surface area contributed by atoms with Gasteiger partial charge in [0.25, 0.3) is 0 Å². The first-order valence-electron chi connectivity index (χ1n) is 3.46. The van der Waals surface area contributed by atoms with Crippen molar-refractivity contribution < 1.29 is 0 Å². The lowest BCUT2D eigenvalue weighted by atomic mass is 10.2. The molecule has 0 unspecified atom stereocenters. The van der Waals surface area contributed by atoms with Crippen LogP contribution in [0.15, 0.2) is 0 Å². The molecule has 0 aromatic rings. The van der Waals surface area contributed by atoms with Gasteiger partial charge in [-0.2, -0.15) is 0 Å². The predicted octanol–water partition coefficient (Wildman–Crippen LogP) is 4.83. The van der Waals surface area contributed by atoms with E-state index in [1.807, 2.05) is 0 Å². The van der Waals surface area contributed by atoms with Gasteiger partial charge < -0.3 is 0 Å². The standard InChI is InChI=1S/C6H13Cl3S/c1-2-3-4-5-6-10(7,8)9/h2-6H2,1H3. The third-order valence-corrected chi connectivity index (χ3v) is 3.37. The Labute approximate surface area is 78.0 Å². The number of hydrogen-bond donors (Lipinski definition) is 0. The maximum atomic E-state index is 5.63. The van der Waals surface area contributed by atoms with Crippen molar-refractivity contribution >= 4 is 39.7 Å². The van der Waals surface area contributed by atoms with Crippen LogP contribution in [-0.4, -0.2) is 5.75 Å². The van der Waals surface area contributed by atoms with Crippen LogP contribution in [0.4, 0.5) is 0 Å². The van der Waals surface area contributed by atoms with Gasteiger partial charge in [-0.05, 0) is 46.1 Å². The van der Waals surface area contributed by atoms with E-state index >= 15 is 0 Å². The fourth-order valence-electron chi connectivity index (χ4n) is 0.693. The minimum absolute atomic E-state index is 0.762. The first-order valence-corrected chi connectivity index (χ1v) is 7.74. The highest BCUT2D eigenvalue weighted by atomic mass is 36.2. The lowest BCUT2D eigenvalue weighted by Crippen LogP contribution is -1.84. The SMILES string of the molecule is CCCCCCS(Cl)(Cl)Cl. The average Bonchev–Trinajstić information content (AvgIpc) is 1.78. The molecule has 0 aliphatic carbocycles. The molecule has 0 aliphatic heterocycles. The molecule has 0 rings (SSSR count). The van der Waals surface area contributed by atoms with Crippen LogP contribution in [0, 0.1) is 0 Å². The summed E-state index contributed by atoms with van der Waals surface area (Å²) in [7, 11) is 15.1. The normalized spacial score (nSPS) is 13.6. The topological polar surface area (TPSA) is 0 Å². The van der Waals surface area contributed by atoms with Crippen molar-refractivity contribution in [2.45, 2.75) is 32.6 Å². The van der Waals surface area contributed by atoms with Crippen LogP contribution < -0.4 is 0 Å². The second kappa shape index (κ2) is 5.82. The first kappa shape index (κ1) is 11.2. The summed E-state index contributed by atoms with van der Waals surface area (Å²) in [6.45, 7) is 2.17. The summed E-state index contributed by atoms with van der Waals surface area (Å²) in [5.74, 6) is 0.762. The highest BCUT2D eigenvalue weighted by molar-refractivity contribution is 8.79. The van der Waals surface area contributed by atoms with Crippen molar-refractivity contribution in [2.75, 3.05) is 5.75 Å². The van der Waals surface area contributed by atoms with Gasteiger partial charge in [0.1, 0.15) is 0 Å². The third kappa shape index (κ3) is 9.22. The molecule has 0 N–H and O–H groups in total. The minimum Gasteiger partial charge on any atom is -0.0654 e.